The summed E-state index contributed by atoms with van der Waals surface area (Å²) in [5.41, 5.74) is -0.0755. The number of halogens is 3. The summed E-state index contributed by atoms with van der Waals surface area (Å²) in [4.78, 5) is 25.6. The quantitative estimate of drug-likeness (QED) is 0.467. The average molecular weight is 545 g/mol. The van der Waals surface area contributed by atoms with Crippen LogP contribution in [-0.4, -0.2) is 67.7 Å². The molecule has 196 valence electrons. The predicted octanol–water partition coefficient (Wildman–Crippen LogP) is 4.04. The van der Waals surface area contributed by atoms with Crippen molar-refractivity contribution in [2.75, 3.05) is 32.2 Å². The average Bonchev–Trinajstić information content (AvgIpc) is 2.87. The summed E-state index contributed by atoms with van der Waals surface area (Å²) in [5, 5.41) is 0. The molecule has 1 aliphatic rings. The SMILES string of the molecule is COC(=O)c1ccc(CN(C2CCCN(C(=O)CSC)C2)S(=O)(=O)c2ccc(C(F)(F)F)cc2)cc1. The van der Waals surface area contributed by atoms with E-state index < -0.39 is 33.8 Å². The van der Waals surface area contributed by atoms with Gasteiger partial charge in [-0.15, -0.1) is 0 Å². The number of carbonyl (C=O) groups is 2. The van der Waals surface area contributed by atoms with Crippen LogP contribution in [0.1, 0.15) is 34.3 Å². The molecule has 0 aliphatic carbocycles. The van der Waals surface area contributed by atoms with Crippen LogP contribution in [0.4, 0.5) is 13.2 Å². The van der Waals surface area contributed by atoms with E-state index in [0.717, 1.165) is 24.3 Å². The highest BCUT2D eigenvalue weighted by molar-refractivity contribution is 7.99. The molecule has 1 saturated heterocycles. The number of sulfonamides is 1. The number of alkyl halides is 3. The van der Waals surface area contributed by atoms with Gasteiger partial charge in [-0.3, -0.25) is 4.79 Å². The highest BCUT2D eigenvalue weighted by Gasteiger charge is 2.36. The molecule has 1 aliphatic heterocycles. The number of ether oxygens (including phenoxy) is 1. The Morgan fingerprint density at radius 3 is 2.31 bits per heavy atom. The zero-order valence-electron chi connectivity index (χ0n) is 19.8. The first-order valence-corrected chi connectivity index (χ1v) is 13.9. The molecule has 1 fully saturated rings. The number of amides is 1. The van der Waals surface area contributed by atoms with Gasteiger partial charge in [0.2, 0.25) is 15.9 Å². The van der Waals surface area contributed by atoms with Gasteiger partial charge in [-0.05, 0) is 61.1 Å². The van der Waals surface area contributed by atoms with E-state index >= 15 is 0 Å². The molecule has 2 aromatic carbocycles. The number of piperidine rings is 1. The third-order valence-electron chi connectivity index (χ3n) is 5.93. The lowest BCUT2D eigenvalue weighted by Gasteiger charge is -2.38. The minimum atomic E-state index is -4.59. The zero-order chi connectivity index (χ0) is 26.5. The van der Waals surface area contributed by atoms with Gasteiger partial charge >= 0.3 is 12.1 Å². The number of rotatable bonds is 8. The molecule has 0 aromatic heterocycles. The lowest BCUT2D eigenvalue weighted by atomic mass is 10.0. The molecule has 1 heterocycles. The van der Waals surface area contributed by atoms with Gasteiger partial charge in [0.25, 0.3) is 0 Å². The fourth-order valence-corrected chi connectivity index (χ4v) is 6.10. The normalized spacial score (nSPS) is 16.7. The van der Waals surface area contributed by atoms with E-state index in [1.807, 2.05) is 0 Å². The molecule has 1 amide bonds. The van der Waals surface area contributed by atoms with E-state index in [2.05, 4.69) is 4.74 Å². The molecule has 2 aromatic rings. The summed E-state index contributed by atoms with van der Waals surface area (Å²) in [7, 11) is -2.97. The summed E-state index contributed by atoms with van der Waals surface area (Å²) < 4.78 is 72.3. The van der Waals surface area contributed by atoms with Crippen molar-refractivity contribution >= 4 is 33.7 Å². The maximum absolute atomic E-state index is 13.7. The predicted molar refractivity (Wildman–Crippen MR) is 130 cm³/mol. The van der Waals surface area contributed by atoms with Gasteiger partial charge in [-0.25, -0.2) is 13.2 Å². The first-order valence-electron chi connectivity index (χ1n) is 11.1. The monoisotopic (exact) mass is 544 g/mol. The van der Waals surface area contributed by atoms with E-state index in [1.54, 1.807) is 23.3 Å². The first-order chi connectivity index (χ1) is 17.0. The Bertz CT molecular complexity index is 1170. The van der Waals surface area contributed by atoms with Crippen LogP contribution in [-0.2, 0) is 32.3 Å². The fraction of sp³-hybridized carbons (Fsp3) is 0.417. The highest BCUT2D eigenvalue weighted by atomic mass is 32.2. The molecule has 0 saturated carbocycles. The molecule has 0 N–H and O–H groups in total. The minimum Gasteiger partial charge on any atom is -0.465 e. The number of hydrogen-bond acceptors (Lipinski definition) is 6. The largest absolute Gasteiger partial charge is 0.465 e. The third-order valence-corrected chi connectivity index (χ3v) is 8.37. The second kappa shape index (κ2) is 11.7. The number of likely N-dealkylation sites (tertiary alicyclic amines) is 1. The molecule has 7 nitrogen and oxygen atoms in total. The second-order valence-corrected chi connectivity index (χ2v) is 11.1. The fourth-order valence-electron chi connectivity index (χ4n) is 4.04. The lowest BCUT2D eigenvalue weighted by molar-refractivity contribution is -0.137. The van der Waals surface area contributed by atoms with E-state index in [1.165, 1.54) is 35.3 Å². The van der Waals surface area contributed by atoms with Gasteiger partial charge in [0.05, 0.1) is 28.9 Å². The summed E-state index contributed by atoms with van der Waals surface area (Å²) in [5.74, 6) is -0.361. The minimum absolute atomic E-state index is 0.0833. The topological polar surface area (TPSA) is 84.0 Å². The number of hydrogen-bond donors (Lipinski definition) is 0. The van der Waals surface area contributed by atoms with Crippen LogP contribution < -0.4 is 0 Å². The van der Waals surface area contributed by atoms with Crippen LogP contribution in [0.2, 0.25) is 0 Å². The maximum Gasteiger partial charge on any atom is 0.416 e. The summed E-state index contributed by atoms with van der Waals surface area (Å²) in [6.45, 7) is 0.609. The Morgan fingerprint density at radius 2 is 1.75 bits per heavy atom. The first kappa shape index (κ1) is 28.0. The van der Waals surface area contributed by atoms with E-state index in [0.29, 0.717) is 30.5 Å². The molecule has 0 spiro atoms. The molecule has 1 atom stereocenters. The molecule has 0 bridgehead atoms. The number of benzene rings is 2. The molecule has 36 heavy (non-hydrogen) atoms. The van der Waals surface area contributed by atoms with E-state index in [4.69, 9.17) is 0 Å². The molecule has 3 rings (SSSR count). The van der Waals surface area contributed by atoms with Crippen LogP contribution in [0, 0.1) is 0 Å². The van der Waals surface area contributed by atoms with Gasteiger partial charge in [0, 0.05) is 25.7 Å². The summed E-state index contributed by atoms with van der Waals surface area (Å²) in [6, 6.07) is 9.03. The summed E-state index contributed by atoms with van der Waals surface area (Å²) in [6.07, 6.45) is -1.71. The van der Waals surface area contributed by atoms with Crippen LogP contribution >= 0.6 is 11.8 Å². The van der Waals surface area contributed by atoms with Gasteiger partial charge in [0.1, 0.15) is 0 Å². The summed E-state index contributed by atoms with van der Waals surface area (Å²) >= 11 is 1.37. The third kappa shape index (κ3) is 6.60. The van der Waals surface area contributed by atoms with Gasteiger partial charge in [-0.1, -0.05) is 12.1 Å². The van der Waals surface area contributed by atoms with Crippen molar-refractivity contribution in [3.8, 4) is 0 Å². The van der Waals surface area contributed by atoms with Crippen LogP contribution in [0.25, 0.3) is 0 Å². The Balaban J connectivity index is 1.96. The molecular weight excluding hydrogens is 517 g/mol. The van der Waals surface area contributed by atoms with Crippen molar-refractivity contribution in [1.82, 2.24) is 9.21 Å². The van der Waals surface area contributed by atoms with Gasteiger partial charge in [-0.2, -0.15) is 29.2 Å². The van der Waals surface area contributed by atoms with E-state index in [-0.39, 0.29) is 29.6 Å². The number of carbonyl (C=O) groups excluding carboxylic acids is 2. The Kier molecular flexibility index (Phi) is 9.07. The van der Waals surface area contributed by atoms with Crippen LogP contribution in [0.5, 0.6) is 0 Å². The van der Waals surface area contributed by atoms with Crippen molar-refractivity contribution in [3.63, 3.8) is 0 Å². The lowest BCUT2D eigenvalue weighted by Crippen LogP contribution is -2.51. The van der Waals surface area contributed by atoms with Crippen molar-refractivity contribution in [1.29, 1.82) is 0 Å². The molecule has 12 heteroatoms. The number of esters is 1. The van der Waals surface area contributed by atoms with Crippen LogP contribution in [0.3, 0.4) is 0 Å². The second-order valence-electron chi connectivity index (χ2n) is 8.33. The zero-order valence-corrected chi connectivity index (χ0v) is 21.5. The molecule has 0 radical (unpaired) electrons. The number of thioether (sulfide) groups is 1. The number of methoxy groups -OCH3 is 1. The molecular formula is C24H27F3N2O5S2. The standard InChI is InChI=1S/C24H27F3N2O5S2/c1-34-23(31)18-7-5-17(6-8-18)14-29(20-4-3-13-28(15-20)22(30)16-35-2)36(32,33)21-11-9-19(10-12-21)24(25,26)27/h5-12,20H,3-4,13-16H2,1-2H3. The Morgan fingerprint density at radius 1 is 1.11 bits per heavy atom. The Labute approximate surface area is 212 Å². The smallest absolute Gasteiger partial charge is 0.416 e. The number of nitrogens with zero attached hydrogens (tertiary/aromatic N) is 2. The van der Waals surface area contributed by atoms with E-state index in [9.17, 15) is 31.2 Å². The molecule has 1 unspecified atom stereocenters. The van der Waals surface area contributed by atoms with Crippen molar-refractivity contribution in [2.24, 2.45) is 0 Å². The van der Waals surface area contributed by atoms with Crippen molar-refractivity contribution in [3.05, 3.63) is 65.2 Å². The van der Waals surface area contributed by atoms with Gasteiger partial charge in [0.15, 0.2) is 0 Å². The maximum atomic E-state index is 13.7. The highest BCUT2D eigenvalue weighted by Crippen LogP contribution is 2.32. The van der Waals surface area contributed by atoms with Gasteiger partial charge < -0.3 is 9.64 Å². The van der Waals surface area contributed by atoms with Crippen molar-refractivity contribution < 1.29 is 35.9 Å². The Hall–Kier alpha value is -2.57. The van der Waals surface area contributed by atoms with Crippen LogP contribution in [0.15, 0.2) is 53.4 Å². The van der Waals surface area contributed by atoms with Crippen molar-refractivity contribution in [2.45, 2.75) is 36.5 Å².